The lowest BCUT2D eigenvalue weighted by atomic mass is 10.1. The van der Waals surface area contributed by atoms with Crippen LogP contribution in [0.4, 0.5) is 0 Å². The minimum Gasteiger partial charge on any atom is -0.466 e. The molecule has 2 aromatic carbocycles. The Morgan fingerprint density at radius 2 is 1.96 bits per heavy atom. The Kier molecular flexibility index (Phi) is 3.89. The molecule has 0 atom stereocenters. The van der Waals surface area contributed by atoms with Crippen molar-refractivity contribution in [1.82, 2.24) is 9.55 Å². The van der Waals surface area contributed by atoms with Crippen LogP contribution >= 0.6 is 0 Å². The van der Waals surface area contributed by atoms with Crippen LogP contribution < -0.4 is 0 Å². The minimum atomic E-state index is -0.456. The molecular weight excluding hydrogens is 290 g/mol. The molecule has 23 heavy (non-hydrogen) atoms. The Labute approximate surface area is 133 Å². The zero-order chi connectivity index (χ0) is 16.2. The van der Waals surface area contributed by atoms with Crippen LogP contribution in [0.15, 0.2) is 60.9 Å². The molecule has 0 unspecified atom stereocenters. The van der Waals surface area contributed by atoms with Crippen molar-refractivity contribution in [2.45, 2.75) is 0 Å². The van der Waals surface area contributed by atoms with Gasteiger partial charge >= 0.3 is 5.97 Å². The summed E-state index contributed by atoms with van der Waals surface area (Å²) in [7, 11) is 1.33. The normalized spacial score (nSPS) is 11.2. The van der Waals surface area contributed by atoms with E-state index in [0.717, 1.165) is 16.6 Å². The number of hydrogen-bond acceptors (Lipinski definition) is 4. The van der Waals surface area contributed by atoms with Crippen LogP contribution in [0.3, 0.4) is 0 Å². The van der Waals surface area contributed by atoms with Crippen LogP contribution in [-0.4, -0.2) is 22.6 Å². The van der Waals surface area contributed by atoms with Gasteiger partial charge in [-0.1, -0.05) is 24.3 Å². The van der Waals surface area contributed by atoms with Gasteiger partial charge < -0.3 is 4.74 Å². The first-order chi connectivity index (χ1) is 11.2. The highest BCUT2D eigenvalue weighted by atomic mass is 16.5. The Morgan fingerprint density at radius 1 is 1.22 bits per heavy atom. The molecule has 0 saturated carbocycles. The smallest absolute Gasteiger partial charge is 0.332 e. The summed E-state index contributed by atoms with van der Waals surface area (Å²) in [6, 6.07) is 16.7. The molecule has 0 bridgehead atoms. The molecule has 0 spiro atoms. The van der Waals surface area contributed by atoms with Gasteiger partial charge in [-0.05, 0) is 29.8 Å². The predicted molar refractivity (Wildman–Crippen MR) is 86.3 cm³/mol. The number of esters is 1. The molecule has 3 rings (SSSR count). The van der Waals surface area contributed by atoms with E-state index in [1.807, 2.05) is 28.8 Å². The summed E-state index contributed by atoms with van der Waals surface area (Å²) in [4.78, 5) is 16.1. The van der Waals surface area contributed by atoms with E-state index in [4.69, 9.17) is 10.00 Å². The average molecular weight is 303 g/mol. The van der Waals surface area contributed by atoms with Crippen LogP contribution in [0.5, 0.6) is 0 Å². The van der Waals surface area contributed by atoms with Gasteiger partial charge in [-0.25, -0.2) is 9.78 Å². The third kappa shape index (κ3) is 2.83. The standard InChI is InChI=1S/C18H13N3O2/c1-23-18(22)10-17(14-8-6-13(11-19)7-9-14)21-12-20-15-4-2-3-5-16(15)21/h2-10,12H,1H3/b17-10+. The highest BCUT2D eigenvalue weighted by Gasteiger charge is 2.11. The predicted octanol–water partition coefficient (Wildman–Crippen LogP) is 2.97. The maximum Gasteiger partial charge on any atom is 0.332 e. The Bertz CT molecular complexity index is 931. The second-order valence-electron chi connectivity index (χ2n) is 4.85. The fraction of sp³-hybridized carbons (Fsp3) is 0.0556. The zero-order valence-corrected chi connectivity index (χ0v) is 12.4. The lowest BCUT2D eigenvalue weighted by molar-refractivity contribution is -0.134. The van der Waals surface area contributed by atoms with Gasteiger partial charge in [-0.15, -0.1) is 0 Å². The second-order valence-corrected chi connectivity index (χ2v) is 4.85. The lowest BCUT2D eigenvalue weighted by Crippen LogP contribution is -2.03. The van der Waals surface area contributed by atoms with Crippen molar-refractivity contribution in [2.24, 2.45) is 0 Å². The first-order valence-corrected chi connectivity index (χ1v) is 6.95. The number of imidazole rings is 1. The molecule has 0 radical (unpaired) electrons. The molecule has 0 amide bonds. The SMILES string of the molecule is COC(=O)/C=C(\c1ccc(C#N)cc1)n1cnc2ccccc21. The minimum absolute atomic E-state index is 0.456. The number of rotatable bonds is 3. The maximum absolute atomic E-state index is 11.8. The summed E-state index contributed by atoms with van der Waals surface area (Å²) in [5, 5.41) is 8.92. The number of benzene rings is 2. The second kappa shape index (κ2) is 6.16. The molecule has 0 aliphatic rings. The van der Waals surface area contributed by atoms with E-state index in [0.29, 0.717) is 11.3 Å². The third-order valence-corrected chi connectivity index (χ3v) is 3.48. The molecule has 112 valence electrons. The van der Waals surface area contributed by atoms with Crippen molar-refractivity contribution in [3.63, 3.8) is 0 Å². The first-order valence-electron chi connectivity index (χ1n) is 6.95. The molecule has 0 N–H and O–H groups in total. The number of nitriles is 1. The lowest BCUT2D eigenvalue weighted by Gasteiger charge is -2.10. The van der Waals surface area contributed by atoms with E-state index < -0.39 is 5.97 Å². The molecule has 1 aromatic heterocycles. The maximum atomic E-state index is 11.8. The summed E-state index contributed by atoms with van der Waals surface area (Å²) < 4.78 is 6.58. The summed E-state index contributed by atoms with van der Waals surface area (Å²) in [6.07, 6.45) is 3.08. The van der Waals surface area contributed by atoms with Crippen LogP contribution in [0.2, 0.25) is 0 Å². The van der Waals surface area contributed by atoms with Gasteiger partial charge in [0.05, 0.1) is 35.5 Å². The largest absolute Gasteiger partial charge is 0.466 e. The highest BCUT2D eigenvalue weighted by Crippen LogP contribution is 2.23. The fourth-order valence-corrected chi connectivity index (χ4v) is 2.33. The molecule has 5 nitrogen and oxygen atoms in total. The van der Waals surface area contributed by atoms with Gasteiger partial charge in [0.15, 0.2) is 0 Å². The number of carbonyl (C=O) groups is 1. The van der Waals surface area contributed by atoms with E-state index in [2.05, 4.69) is 11.1 Å². The van der Waals surface area contributed by atoms with Crippen molar-refractivity contribution in [3.8, 4) is 6.07 Å². The van der Waals surface area contributed by atoms with Crippen molar-refractivity contribution >= 4 is 22.7 Å². The van der Waals surface area contributed by atoms with Gasteiger partial charge in [0, 0.05) is 6.08 Å². The van der Waals surface area contributed by atoms with E-state index in [9.17, 15) is 4.79 Å². The first kappa shape index (κ1) is 14.5. The Hall–Kier alpha value is -3.39. The van der Waals surface area contributed by atoms with Crippen molar-refractivity contribution in [1.29, 1.82) is 5.26 Å². The summed E-state index contributed by atoms with van der Waals surface area (Å²) >= 11 is 0. The number of nitrogens with zero attached hydrogens (tertiary/aromatic N) is 3. The van der Waals surface area contributed by atoms with E-state index in [1.54, 1.807) is 30.6 Å². The zero-order valence-electron chi connectivity index (χ0n) is 12.4. The van der Waals surface area contributed by atoms with E-state index in [-0.39, 0.29) is 0 Å². The van der Waals surface area contributed by atoms with E-state index >= 15 is 0 Å². The van der Waals surface area contributed by atoms with Crippen molar-refractivity contribution in [3.05, 3.63) is 72.1 Å². The average Bonchev–Trinajstić information content (AvgIpc) is 3.03. The van der Waals surface area contributed by atoms with Gasteiger partial charge in [0.25, 0.3) is 0 Å². The summed E-state index contributed by atoms with van der Waals surface area (Å²) in [5.41, 5.74) is 3.69. The molecule has 0 aliphatic carbocycles. The topological polar surface area (TPSA) is 67.9 Å². The molecule has 0 fully saturated rings. The number of aromatic nitrogens is 2. The quantitative estimate of drug-likeness (QED) is 0.551. The van der Waals surface area contributed by atoms with Crippen LogP contribution in [0.25, 0.3) is 16.7 Å². The monoisotopic (exact) mass is 303 g/mol. The number of fused-ring (bicyclic) bond motifs is 1. The molecule has 5 heteroatoms. The molecule has 0 saturated heterocycles. The number of hydrogen-bond donors (Lipinski definition) is 0. The number of carbonyl (C=O) groups excluding carboxylic acids is 1. The Morgan fingerprint density at radius 3 is 2.65 bits per heavy atom. The summed E-state index contributed by atoms with van der Waals surface area (Å²) in [5.74, 6) is -0.456. The molecule has 3 aromatic rings. The number of para-hydroxylation sites is 2. The molecule has 0 aliphatic heterocycles. The van der Waals surface area contributed by atoms with Crippen LogP contribution in [0, 0.1) is 11.3 Å². The number of methoxy groups -OCH3 is 1. The van der Waals surface area contributed by atoms with Crippen LogP contribution in [0.1, 0.15) is 11.1 Å². The van der Waals surface area contributed by atoms with Crippen molar-refractivity contribution in [2.75, 3.05) is 7.11 Å². The third-order valence-electron chi connectivity index (χ3n) is 3.48. The van der Waals surface area contributed by atoms with Crippen molar-refractivity contribution < 1.29 is 9.53 Å². The van der Waals surface area contributed by atoms with Gasteiger partial charge in [0.2, 0.25) is 0 Å². The van der Waals surface area contributed by atoms with Gasteiger partial charge in [0.1, 0.15) is 6.33 Å². The van der Waals surface area contributed by atoms with Gasteiger partial charge in [-0.3, -0.25) is 4.57 Å². The van der Waals surface area contributed by atoms with E-state index in [1.165, 1.54) is 13.2 Å². The summed E-state index contributed by atoms with van der Waals surface area (Å²) in [6.45, 7) is 0. The molecular formula is C18H13N3O2. The Balaban J connectivity index is 2.18. The molecule has 1 heterocycles. The number of ether oxygens (including phenoxy) is 1. The fourth-order valence-electron chi connectivity index (χ4n) is 2.33. The highest BCUT2D eigenvalue weighted by molar-refractivity contribution is 5.93. The van der Waals surface area contributed by atoms with Crippen LogP contribution in [-0.2, 0) is 9.53 Å². The van der Waals surface area contributed by atoms with Gasteiger partial charge in [-0.2, -0.15) is 5.26 Å².